The molecule has 0 spiro atoms. The topological polar surface area (TPSA) is 58.9 Å². The molecular formula is C6H8N2O2S. The highest BCUT2D eigenvalue weighted by molar-refractivity contribution is 8.00. The van der Waals surface area contributed by atoms with Gasteiger partial charge in [0.2, 0.25) is 17.2 Å². The molecule has 11 heavy (non-hydrogen) atoms. The van der Waals surface area contributed by atoms with E-state index in [-0.39, 0.29) is 0 Å². The first-order valence-electron chi connectivity index (χ1n) is 3.00. The maximum Gasteiger partial charge on any atom is 0.238 e. The van der Waals surface area contributed by atoms with Crippen molar-refractivity contribution in [1.29, 1.82) is 0 Å². The number of thioether (sulfide) groups is 1. The number of nitrogens with zero attached hydrogens (tertiary/aromatic N) is 2. The summed E-state index contributed by atoms with van der Waals surface area (Å²) in [4.78, 5) is 25.4. The Kier molecular flexibility index (Phi) is 4.46. The highest BCUT2D eigenvalue weighted by Gasteiger charge is 2.21. The second kappa shape index (κ2) is 4.85. The summed E-state index contributed by atoms with van der Waals surface area (Å²) in [7, 11) is 0. The molecule has 0 saturated carbocycles. The SMILES string of the molecule is CCSC(C)(N=C=O)N=C=O. The summed E-state index contributed by atoms with van der Waals surface area (Å²) in [5, 5.41) is 0. The third-order valence-electron chi connectivity index (χ3n) is 0.924. The Morgan fingerprint density at radius 2 is 1.82 bits per heavy atom. The van der Waals surface area contributed by atoms with Crippen molar-refractivity contribution in [2.75, 3.05) is 5.75 Å². The van der Waals surface area contributed by atoms with Gasteiger partial charge in [-0.25, -0.2) is 9.59 Å². The Balaban J connectivity index is 4.49. The van der Waals surface area contributed by atoms with Crippen LogP contribution < -0.4 is 0 Å². The van der Waals surface area contributed by atoms with Crippen LogP contribution in [-0.2, 0) is 9.59 Å². The highest BCUT2D eigenvalue weighted by atomic mass is 32.2. The van der Waals surface area contributed by atoms with Crippen molar-refractivity contribution >= 4 is 23.9 Å². The molecule has 0 bridgehead atoms. The molecule has 5 heteroatoms. The van der Waals surface area contributed by atoms with E-state index in [1.165, 1.54) is 23.9 Å². The van der Waals surface area contributed by atoms with Gasteiger partial charge in [-0.05, 0) is 12.7 Å². The predicted molar refractivity (Wildman–Crippen MR) is 42.8 cm³/mol. The predicted octanol–water partition coefficient (Wildman–Crippen LogP) is 1.08. The molecule has 0 aromatic carbocycles. The van der Waals surface area contributed by atoms with Gasteiger partial charge in [0.1, 0.15) is 0 Å². The largest absolute Gasteiger partial charge is 0.238 e. The van der Waals surface area contributed by atoms with Gasteiger partial charge in [-0.3, -0.25) is 0 Å². The molecule has 0 aliphatic rings. The van der Waals surface area contributed by atoms with Crippen LogP contribution in [0.2, 0.25) is 0 Å². The van der Waals surface area contributed by atoms with E-state index in [4.69, 9.17) is 0 Å². The maximum absolute atomic E-state index is 9.88. The van der Waals surface area contributed by atoms with Gasteiger partial charge in [0.05, 0.1) is 0 Å². The molecule has 0 rings (SSSR count). The van der Waals surface area contributed by atoms with Gasteiger partial charge in [-0.1, -0.05) is 6.92 Å². The van der Waals surface area contributed by atoms with Crippen molar-refractivity contribution in [3.63, 3.8) is 0 Å². The Hall–Kier alpha value is -0.890. The number of hydrogen-bond donors (Lipinski definition) is 0. The van der Waals surface area contributed by atoms with Crippen LogP contribution >= 0.6 is 11.8 Å². The lowest BCUT2D eigenvalue weighted by atomic mass is 10.6. The average molecular weight is 172 g/mol. The molecule has 0 aliphatic heterocycles. The summed E-state index contributed by atoms with van der Waals surface area (Å²) >= 11 is 1.27. The lowest BCUT2D eigenvalue weighted by molar-refractivity contribution is 0.548. The standard InChI is InChI=1S/C6H8N2O2S/c1-3-11-6(2,7-4-9)8-5-10/h3H2,1-2H3. The summed E-state index contributed by atoms with van der Waals surface area (Å²) in [6.45, 7) is 3.43. The van der Waals surface area contributed by atoms with E-state index >= 15 is 0 Å². The van der Waals surface area contributed by atoms with E-state index in [1.807, 2.05) is 6.92 Å². The molecule has 0 amide bonds. The van der Waals surface area contributed by atoms with E-state index in [1.54, 1.807) is 6.92 Å². The molecule has 0 aromatic rings. The number of isocyanates is 2. The maximum atomic E-state index is 9.88. The molecule has 0 unspecified atom stereocenters. The smallest absolute Gasteiger partial charge is 0.211 e. The van der Waals surface area contributed by atoms with E-state index in [0.717, 1.165) is 0 Å². The van der Waals surface area contributed by atoms with Gasteiger partial charge in [-0.15, -0.1) is 11.8 Å². The van der Waals surface area contributed by atoms with Crippen LogP contribution in [0.25, 0.3) is 0 Å². The fraction of sp³-hybridized carbons (Fsp3) is 0.667. The fourth-order valence-corrected chi connectivity index (χ4v) is 1.28. The monoisotopic (exact) mass is 172 g/mol. The molecule has 4 nitrogen and oxygen atoms in total. The second-order valence-electron chi connectivity index (χ2n) is 1.77. The summed E-state index contributed by atoms with van der Waals surface area (Å²) in [5.41, 5.74) is 0. The first kappa shape index (κ1) is 10.1. The zero-order valence-electron chi connectivity index (χ0n) is 6.33. The van der Waals surface area contributed by atoms with E-state index in [0.29, 0.717) is 5.75 Å². The third-order valence-corrected chi connectivity index (χ3v) is 1.94. The van der Waals surface area contributed by atoms with Gasteiger partial charge in [-0.2, -0.15) is 9.98 Å². The molecule has 0 fully saturated rings. The highest BCUT2D eigenvalue weighted by Crippen LogP contribution is 2.26. The van der Waals surface area contributed by atoms with Crippen LogP contribution in [0.3, 0.4) is 0 Å². The Morgan fingerprint density at radius 1 is 1.36 bits per heavy atom. The first-order chi connectivity index (χ1) is 5.18. The minimum Gasteiger partial charge on any atom is -0.211 e. The van der Waals surface area contributed by atoms with Gasteiger partial charge in [0.15, 0.2) is 0 Å². The average Bonchev–Trinajstić information content (AvgIpc) is 1.88. The number of aliphatic imine (C=N–C) groups is 2. The van der Waals surface area contributed by atoms with Gasteiger partial charge in [0.25, 0.3) is 0 Å². The van der Waals surface area contributed by atoms with Crippen molar-refractivity contribution in [2.24, 2.45) is 9.98 Å². The van der Waals surface area contributed by atoms with Crippen molar-refractivity contribution < 1.29 is 9.59 Å². The number of carbonyl (C=O) groups excluding carboxylic acids is 2. The summed E-state index contributed by atoms with van der Waals surface area (Å²) in [5.74, 6) is 0.715. The quantitative estimate of drug-likeness (QED) is 0.471. The van der Waals surface area contributed by atoms with Crippen molar-refractivity contribution in [1.82, 2.24) is 0 Å². The van der Waals surface area contributed by atoms with Crippen LogP contribution in [0.1, 0.15) is 13.8 Å². The zero-order chi connectivity index (χ0) is 8.74. The minimum absolute atomic E-state index is 0.715. The van der Waals surface area contributed by atoms with E-state index in [9.17, 15) is 9.59 Å². The second-order valence-corrected chi connectivity index (χ2v) is 3.41. The summed E-state index contributed by atoms with van der Waals surface area (Å²) < 4.78 is 0. The van der Waals surface area contributed by atoms with Crippen LogP contribution in [0, 0.1) is 0 Å². The zero-order valence-corrected chi connectivity index (χ0v) is 7.14. The molecule has 0 aliphatic carbocycles. The van der Waals surface area contributed by atoms with Crippen LogP contribution in [0.5, 0.6) is 0 Å². The lowest BCUT2D eigenvalue weighted by Crippen LogP contribution is -2.12. The van der Waals surface area contributed by atoms with E-state index < -0.39 is 4.99 Å². The van der Waals surface area contributed by atoms with Crippen LogP contribution in [0.15, 0.2) is 9.98 Å². The number of hydrogen-bond acceptors (Lipinski definition) is 5. The summed E-state index contributed by atoms with van der Waals surface area (Å²) in [6, 6.07) is 0. The van der Waals surface area contributed by atoms with Crippen molar-refractivity contribution in [3.8, 4) is 0 Å². The van der Waals surface area contributed by atoms with Crippen molar-refractivity contribution in [2.45, 2.75) is 18.8 Å². The third kappa shape index (κ3) is 3.73. The Labute approximate surface area is 68.8 Å². The Bertz CT molecular complexity index is 199. The van der Waals surface area contributed by atoms with Gasteiger partial charge >= 0.3 is 0 Å². The van der Waals surface area contributed by atoms with Crippen LogP contribution in [0.4, 0.5) is 0 Å². The first-order valence-corrected chi connectivity index (χ1v) is 3.99. The molecule has 0 radical (unpaired) electrons. The van der Waals surface area contributed by atoms with Gasteiger partial charge in [0, 0.05) is 0 Å². The normalized spacial score (nSPS) is 14.0. The molecule has 0 saturated heterocycles. The van der Waals surface area contributed by atoms with Crippen LogP contribution in [-0.4, -0.2) is 22.9 Å². The van der Waals surface area contributed by atoms with E-state index in [2.05, 4.69) is 9.98 Å². The number of rotatable bonds is 4. The molecule has 0 N–H and O–H groups in total. The molecule has 60 valence electrons. The molecule has 0 aromatic heterocycles. The Morgan fingerprint density at radius 3 is 2.09 bits per heavy atom. The fourth-order valence-electron chi connectivity index (χ4n) is 0.532. The molecule has 0 atom stereocenters. The lowest BCUT2D eigenvalue weighted by Gasteiger charge is -2.12. The van der Waals surface area contributed by atoms with Crippen molar-refractivity contribution in [3.05, 3.63) is 0 Å². The molecular weight excluding hydrogens is 164 g/mol. The molecule has 0 heterocycles. The minimum atomic E-state index is -1.03. The summed E-state index contributed by atoms with van der Waals surface area (Å²) in [6.07, 6.45) is 2.72. The van der Waals surface area contributed by atoms with Gasteiger partial charge < -0.3 is 0 Å².